The third kappa shape index (κ3) is 4.22. The van der Waals surface area contributed by atoms with Gasteiger partial charge >= 0.3 is 0 Å². The van der Waals surface area contributed by atoms with Gasteiger partial charge in [-0.2, -0.15) is 22.1 Å². The summed E-state index contributed by atoms with van der Waals surface area (Å²) in [5.74, 6) is 0.159. The van der Waals surface area contributed by atoms with Gasteiger partial charge in [0.1, 0.15) is 0 Å². The number of aryl methyl sites for hydroxylation is 1. The molecule has 1 aromatic heterocycles. The maximum Gasteiger partial charge on any atom is 0.282 e. The molecule has 0 saturated carbocycles. The second-order valence-corrected chi connectivity index (χ2v) is 9.07. The highest BCUT2D eigenvalue weighted by molar-refractivity contribution is 7.86. The summed E-state index contributed by atoms with van der Waals surface area (Å²) in [6, 6.07) is 2.12. The van der Waals surface area contributed by atoms with Crippen LogP contribution in [0.4, 0.5) is 0 Å². The Morgan fingerprint density at radius 3 is 2.64 bits per heavy atom. The Labute approximate surface area is 150 Å². The quantitative estimate of drug-likeness (QED) is 0.741. The molecule has 0 aromatic carbocycles. The average molecular weight is 372 g/mol. The van der Waals surface area contributed by atoms with Crippen LogP contribution in [0.1, 0.15) is 30.1 Å². The molecule has 0 bridgehead atoms. The molecule has 3 rings (SSSR count). The van der Waals surface area contributed by atoms with Gasteiger partial charge in [-0.05, 0) is 33.0 Å². The van der Waals surface area contributed by atoms with Crippen LogP contribution in [0.3, 0.4) is 0 Å². The highest BCUT2D eigenvalue weighted by Crippen LogP contribution is 2.29. The minimum absolute atomic E-state index is 0.159. The molecule has 3 heterocycles. The molecule has 0 radical (unpaired) electrons. The monoisotopic (exact) mass is 371 g/mol. The summed E-state index contributed by atoms with van der Waals surface area (Å²) in [4.78, 5) is 2.11. The molecule has 0 amide bonds. The summed E-state index contributed by atoms with van der Waals surface area (Å²) in [5, 5.41) is 4.65. The Kier molecular flexibility index (Phi) is 5.79. The van der Waals surface area contributed by atoms with Crippen molar-refractivity contribution >= 4 is 10.2 Å². The third-order valence-corrected chi connectivity index (χ3v) is 6.90. The van der Waals surface area contributed by atoms with E-state index in [4.69, 9.17) is 4.74 Å². The molecule has 8 nitrogen and oxygen atoms in total. The second-order valence-electron chi connectivity index (χ2n) is 7.14. The van der Waals surface area contributed by atoms with Gasteiger partial charge in [-0.1, -0.05) is 0 Å². The van der Waals surface area contributed by atoms with E-state index in [1.54, 1.807) is 8.61 Å². The molecule has 2 aliphatic rings. The van der Waals surface area contributed by atoms with E-state index >= 15 is 0 Å². The minimum Gasteiger partial charge on any atom is -0.379 e. The largest absolute Gasteiger partial charge is 0.379 e. The fourth-order valence-electron chi connectivity index (χ4n) is 3.54. The number of hydrogen-bond donors (Lipinski definition) is 0. The highest BCUT2D eigenvalue weighted by atomic mass is 32.2. The maximum absolute atomic E-state index is 12.9. The highest BCUT2D eigenvalue weighted by Gasteiger charge is 2.35. The fourth-order valence-corrected chi connectivity index (χ4v) is 5.20. The van der Waals surface area contributed by atoms with Crippen molar-refractivity contribution in [3.8, 4) is 0 Å². The summed E-state index contributed by atoms with van der Waals surface area (Å²) < 4.78 is 36.2. The standard InChI is InChI=1S/C16H29N5O3S/c1-18(2)13-15-11-16(17-19(15)3)14-5-4-6-21(12-14)25(22,23)20-7-9-24-10-8-20/h11,14H,4-10,12-13H2,1-3H3/t14-/m1/s1. The molecular formula is C16H29N5O3S. The first kappa shape index (κ1) is 18.8. The van der Waals surface area contributed by atoms with Crippen LogP contribution in [-0.2, 0) is 28.5 Å². The molecule has 2 aliphatic heterocycles. The van der Waals surface area contributed by atoms with Gasteiger partial charge in [0.15, 0.2) is 0 Å². The van der Waals surface area contributed by atoms with Crippen LogP contribution in [0.2, 0.25) is 0 Å². The lowest BCUT2D eigenvalue weighted by Crippen LogP contribution is -2.51. The summed E-state index contributed by atoms with van der Waals surface area (Å²) in [7, 11) is 2.61. The Hall–Kier alpha value is -1.00. The van der Waals surface area contributed by atoms with Crippen LogP contribution in [0.5, 0.6) is 0 Å². The van der Waals surface area contributed by atoms with Gasteiger partial charge < -0.3 is 9.64 Å². The minimum atomic E-state index is -3.40. The van der Waals surface area contributed by atoms with E-state index in [9.17, 15) is 8.42 Å². The molecule has 0 unspecified atom stereocenters. The van der Waals surface area contributed by atoms with E-state index in [2.05, 4.69) is 16.1 Å². The molecule has 1 aromatic rings. The number of nitrogens with zero attached hydrogens (tertiary/aromatic N) is 5. The molecule has 0 aliphatic carbocycles. The van der Waals surface area contributed by atoms with Gasteiger partial charge in [0.2, 0.25) is 0 Å². The lowest BCUT2D eigenvalue weighted by atomic mass is 9.96. The van der Waals surface area contributed by atoms with E-state index in [0.29, 0.717) is 39.4 Å². The number of ether oxygens (including phenoxy) is 1. The van der Waals surface area contributed by atoms with Crippen molar-refractivity contribution in [3.63, 3.8) is 0 Å². The maximum atomic E-state index is 12.9. The van der Waals surface area contributed by atoms with Gasteiger partial charge in [-0.25, -0.2) is 0 Å². The first-order valence-corrected chi connectivity index (χ1v) is 10.3. The summed E-state index contributed by atoms with van der Waals surface area (Å²) >= 11 is 0. The second kappa shape index (κ2) is 7.71. The van der Waals surface area contributed by atoms with E-state index < -0.39 is 10.2 Å². The molecular weight excluding hydrogens is 342 g/mol. The first-order chi connectivity index (χ1) is 11.9. The zero-order valence-corrected chi connectivity index (χ0v) is 16.2. The van der Waals surface area contributed by atoms with Crippen molar-refractivity contribution in [2.45, 2.75) is 25.3 Å². The van der Waals surface area contributed by atoms with Gasteiger partial charge in [0.25, 0.3) is 10.2 Å². The van der Waals surface area contributed by atoms with Crippen molar-refractivity contribution in [2.24, 2.45) is 7.05 Å². The first-order valence-electron chi connectivity index (χ1n) is 8.88. The summed E-state index contributed by atoms with van der Waals surface area (Å²) in [6.07, 6.45) is 1.85. The number of morpholine rings is 1. The zero-order valence-electron chi connectivity index (χ0n) is 15.4. The lowest BCUT2D eigenvalue weighted by molar-refractivity contribution is 0.0695. The van der Waals surface area contributed by atoms with E-state index in [1.807, 2.05) is 25.8 Å². The SMILES string of the molecule is CN(C)Cc1cc([C@@H]2CCCN(S(=O)(=O)N3CCOCC3)C2)nn1C. The van der Waals surface area contributed by atoms with E-state index in [0.717, 1.165) is 30.8 Å². The molecule has 142 valence electrons. The predicted octanol–water partition coefficient (Wildman–Crippen LogP) is 0.238. The fraction of sp³-hybridized carbons (Fsp3) is 0.812. The van der Waals surface area contributed by atoms with Crippen LogP contribution >= 0.6 is 0 Å². The Balaban J connectivity index is 1.72. The molecule has 25 heavy (non-hydrogen) atoms. The Morgan fingerprint density at radius 2 is 1.96 bits per heavy atom. The normalized spacial score (nSPS) is 24.1. The van der Waals surface area contributed by atoms with Crippen LogP contribution in [0, 0.1) is 0 Å². The number of aromatic nitrogens is 2. The smallest absolute Gasteiger partial charge is 0.282 e. The molecule has 0 spiro atoms. The Morgan fingerprint density at radius 1 is 1.24 bits per heavy atom. The van der Waals surface area contributed by atoms with Gasteiger partial charge in [-0.15, -0.1) is 0 Å². The topological polar surface area (TPSA) is 70.9 Å². The van der Waals surface area contributed by atoms with Gasteiger partial charge in [0, 0.05) is 45.7 Å². The molecule has 9 heteroatoms. The van der Waals surface area contributed by atoms with Crippen molar-refractivity contribution in [1.29, 1.82) is 0 Å². The number of rotatable bonds is 5. The number of hydrogen-bond acceptors (Lipinski definition) is 5. The summed E-state index contributed by atoms with van der Waals surface area (Å²) in [5.41, 5.74) is 2.15. The van der Waals surface area contributed by atoms with Gasteiger partial charge in [-0.3, -0.25) is 4.68 Å². The van der Waals surface area contributed by atoms with Crippen molar-refractivity contribution in [3.05, 3.63) is 17.5 Å². The van der Waals surface area contributed by atoms with E-state index in [-0.39, 0.29) is 5.92 Å². The predicted molar refractivity (Wildman–Crippen MR) is 95.5 cm³/mol. The van der Waals surface area contributed by atoms with Crippen LogP contribution in [0.25, 0.3) is 0 Å². The van der Waals surface area contributed by atoms with Crippen molar-refractivity contribution < 1.29 is 13.2 Å². The molecule has 2 fully saturated rings. The lowest BCUT2D eigenvalue weighted by Gasteiger charge is -2.36. The van der Waals surface area contributed by atoms with E-state index in [1.165, 1.54) is 0 Å². The van der Waals surface area contributed by atoms with Crippen molar-refractivity contribution in [2.75, 3.05) is 53.5 Å². The molecule has 0 N–H and O–H groups in total. The van der Waals surface area contributed by atoms with Gasteiger partial charge in [0.05, 0.1) is 24.6 Å². The average Bonchev–Trinajstić information content (AvgIpc) is 2.96. The Bertz CT molecular complexity index is 682. The number of piperidine rings is 1. The van der Waals surface area contributed by atoms with Crippen molar-refractivity contribution in [1.82, 2.24) is 23.3 Å². The van der Waals surface area contributed by atoms with Crippen LogP contribution in [0.15, 0.2) is 6.07 Å². The molecule has 2 saturated heterocycles. The van der Waals surface area contributed by atoms with Crippen LogP contribution < -0.4 is 0 Å². The third-order valence-electron chi connectivity index (χ3n) is 4.90. The summed E-state index contributed by atoms with van der Waals surface area (Å²) in [6.45, 7) is 3.77. The zero-order chi connectivity index (χ0) is 18.0. The van der Waals surface area contributed by atoms with Crippen LogP contribution in [-0.4, -0.2) is 85.2 Å². The molecule has 1 atom stereocenters.